The third-order valence-electron chi connectivity index (χ3n) is 4.16. The molecule has 19 heavy (non-hydrogen) atoms. The third kappa shape index (κ3) is 2.58. The maximum absolute atomic E-state index is 12.6. The Balaban J connectivity index is 1.77. The molecular weight excluding hydrogens is 306 g/mol. The van der Waals surface area contributed by atoms with Crippen LogP contribution in [0.15, 0.2) is 16.7 Å². The van der Waals surface area contributed by atoms with Crippen molar-refractivity contribution in [1.82, 2.24) is 14.4 Å². The molecule has 1 aliphatic heterocycles. The predicted octanol–water partition coefficient (Wildman–Crippen LogP) is 2.36. The van der Waals surface area contributed by atoms with Gasteiger partial charge in [-0.3, -0.25) is 4.79 Å². The van der Waals surface area contributed by atoms with Crippen LogP contribution in [0.1, 0.15) is 35.8 Å². The van der Waals surface area contributed by atoms with Crippen LogP contribution >= 0.6 is 15.9 Å². The van der Waals surface area contributed by atoms with Gasteiger partial charge in [0.25, 0.3) is 5.91 Å². The molecule has 0 spiro atoms. The van der Waals surface area contributed by atoms with Gasteiger partial charge < -0.3 is 14.4 Å². The summed E-state index contributed by atoms with van der Waals surface area (Å²) >= 11 is 3.49. The van der Waals surface area contributed by atoms with Gasteiger partial charge in [-0.2, -0.15) is 0 Å². The molecule has 2 fully saturated rings. The Kier molecular flexibility index (Phi) is 3.43. The molecule has 2 aliphatic rings. The molecule has 0 radical (unpaired) electrons. The van der Waals surface area contributed by atoms with E-state index in [0.29, 0.717) is 12.1 Å². The molecule has 1 amide bonds. The molecule has 5 heteroatoms. The predicted molar refractivity (Wildman–Crippen MR) is 78.4 cm³/mol. The third-order valence-corrected chi connectivity index (χ3v) is 4.59. The summed E-state index contributed by atoms with van der Waals surface area (Å²) in [4.78, 5) is 16.9. The average molecular weight is 326 g/mol. The van der Waals surface area contributed by atoms with Crippen LogP contribution in [-0.2, 0) is 0 Å². The van der Waals surface area contributed by atoms with Crippen LogP contribution in [0, 0.1) is 0 Å². The number of likely N-dealkylation sites (tertiary alicyclic amines) is 1. The van der Waals surface area contributed by atoms with Crippen molar-refractivity contribution in [2.75, 3.05) is 27.2 Å². The molecule has 1 aromatic heterocycles. The Morgan fingerprint density at radius 2 is 2.11 bits per heavy atom. The second-order valence-corrected chi connectivity index (χ2v) is 6.75. The fraction of sp³-hybridized carbons (Fsp3) is 0.643. The molecule has 1 saturated carbocycles. The largest absolute Gasteiger partial charge is 0.339 e. The smallest absolute Gasteiger partial charge is 0.270 e. The van der Waals surface area contributed by atoms with E-state index >= 15 is 0 Å². The molecule has 1 aromatic rings. The fourth-order valence-electron chi connectivity index (χ4n) is 2.78. The van der Waals surface area contributed by atoms with Crippen LogP contribution in [-0.4, -0.2) is 53.5 Å². The normalized spacial score (nSPS) is 23.4. The second kappa shape index (κ2) is 4.94. The highest BCUT2D eigenvalue weighted by atomic mass is 79.9. The van der Waals surface area contributed by atoms with Crippen molar-refractivity contribution in [1.29, 1.82) is 0 Å². The Hall–Kier alpha value is -0.810. The van der Waals surface area contributed by atoms with Gasteiger partial charge >= 0.3 is 0 Å². The lowest BCUT2D eigenvalue weighted by molar-refractivity contribution is 0.0772. The van der Waals surface area contributed by atoms with E-state index in [4.69, 9.17) is 0 Å². The van der Waals surface area contributed by atoms with Crippen LogP contribution in [0.5, 0.6) is 0 Å². The maximum atomic E-state index is 12.6. The lowest BCUT2D eigenvalue weighted by Gasteiger charge is -2.21. The van der Waals surface area contributed by atoms with Crippen LogP contribution in [0.2, 0.25) is 0 Å². The number of hydrogen-bond donors (Lipinski definition) is 0. The van der Waals surface area contributed by atoms with Crippen molar-refractivity contribution < 1.29 is 4.79 Å². The Bertz CT molecular complexity index is 493. The van der Waals surface area contributed by atoms with Gasteiger partial charge in [-0.05, 0) is 55.4 Å². The number of hydrogen-bond acceptors (Lipinski definition) is 2. The maximum Gasteiger partial charge on any atom is 0.270 e. The van der Waals surface area contributed by atoms with Gasteiger partial charge in [0.2, 0.25) is 0 Å². The summed E-state index contributed by atoms with van der Waals surface area (Å²) in [7, 11) is 4.17. The number of carbonyl (C=O) groups excluding carboxylic acids is 1. The van der Waals surface area contributed by atoms with Crippen LogP contribution < -0.4 is 0 Å². The van der Waals surface area contributed by atoms with Crippen LogP contribution in [0.4, 0.5) is 0 Å². The highest BCUT2D eigenvalue weighted by Gasteiger charge is 2.32. The zero-order valence-electron chi connectivity index (χ0n) is 11.5. The lowest BCUT2D eigenvalue weighted by Crippen LogP contribution is -2.35. The van der Waals surface area contributed by atoms with E-state index in [0.717, 1.165) is 29.7 Å². The standard InChI is InChI=1S/C14H20BrN3O/c1-16(2)12-5-6-17(9-12)14(19)13-7-10(15)8-18(13)11-3-4-11/h7-8,11-12H,3-6,9H2,1-2H3. The van der Waals surface area contributed by atoms with Gasteiger partial charge in [-0.1, -0.05) is 0 Å². The minimum atomic E-state index is 0.182. The molecule has 0 aromatic carbocycles. The van der Waals surface area contributed by atoms with Gasteiger partial charge in [-0.15, -0.1) is 0 Å². The summed E-state index contributed by atoms with van der Waals surface area (Å²) in [5, 5.41) is 0. The second-order valence-electron chi connectivity index (χ2n) is 5.84. The van der Waals surface area contributed by atoms with Crippen molar-refractivity contribution in [2.24, 2.45) is 0 Å². The van der Waals surface area contributed by atoms with Gasteiger partial charge in [0, 0.05) is 35.8 Å². The van der Waals surface area contributed by atoms with E-state index in [9.17, 15) is 4.79 Å². The van der Waals surface area contributed by atoms with Gasteiger partial charge in [0.15, 0.2) is 0 Å². The number of likely N-dealkylation sites (N-methyl/N-ethyl adjacent to an activating group) is 1. The molecule has 2 heterocycles. The summed E-state index contributed by atoms with van der Waals surface area (Å²) in [6, 6.07) is 3.00. The topological polar surface area (TPSA) is 28.5 Å². The quantitative estimate of drug-likeness (QED) is 0.853. The van der Waals surface area contributed by atoms with E-state index in [1.807, 2.05) is 17.2 Å². The van der Waals surface area contributed by atoms with Gasteiger partial charge in [0.05, 0.1) is 0 Å². The number of nitrogens with zero attached hydrogens (tertiary/aromatic N) is 3. The van der Waals surface area contributed by atoms with Crippen molar-refractivity contribution >= 4 is 21.8 Å². The first-order chi connectivity index (χ1) is 9.06. The van der Waals surface area contributed by atoms with Gasteiger partial charge in [-0.25, -0.2) is 0 Å². The molecule has 1 saturated heterocycles. The molecule has 1 aliphatic carbocycles. The fourth-order valence-corrected chi connectivity index (χ4v) is 3.22. The summed E-state index contributed by atoms with van der Waals surface area (Å²) in [6.45, 7) is 1.72. The molecule has 1 unspecified atom stereocenters. The average Bonchev–Trinajstić information content (AvgIpc) is 2.95. The molecule has 4 nitrogen and oxygen atoms in total. The molecular formula is C14H20BrN3O. The van der Waals surface area contributed by atoms with Gasteiger partial charge in [0.1, 0.15) is 5.69 Å². The number of rotatable bonds is 3. The molecule has 104 valence electrons. The molecule has 0 N–H and O–H groups in total. The summed E-state index contributed by atoms with van der Waals surface area (Å²) < 4.78 is 3.15. The van der Waals surface area contributed by atoms with E-state index in [1.165, 1.54) is 12.8 Å². The van der Waals surface area contributed by atoms with E-state index in [-0.39, 0.29) is 5.91 Å². The highest BCUT2D eigenvalue weighted by Crippen LogP contribution is 2.38. The number of carbonyl (C=O) groups is 1. The minimum absolute atomic E-state index is 0.182. The monoisotopic (exact) mass is 325 g/mol. The summed E-state index contributed by atoms with van der Waals surface area (Å²) in [5.41, 5.74) is 0.841. The van der Waals surface area contributed by atoms with Crippen molar-refractivity contribution in [3.8, 4) is 0 Å². The molecule has 3 rings (SSSR count). The zero-order valence-corrected chi connectivity index (χ0v) is 13.1. The van der Waals surface area contributed by atoms with Crippen molar-refractivity contribution in [3.63, 3.8) is 0 Å². The Labute approximate surface area is 122 Å². The Morgan fingerprint density at radius 1 is 1.37 bits per heavy atom. The first-order valence-corrected chi connectivity index (χ1v) is 7.68. The van der Waals surface area contributed by atoms with E-state index in [2.05, 4.69) is 39.5 Å². The van der Waals surface area contributed by atoms with Crippen LogP contribution in [0.3, 0.4) is 0 Å². The molecule has 0 bridgehead atoms. The first-order valence-electron chi connectivity index (χ1n) is 6.89. The number of halogens is 1. The first kappa shape index (κ1) is 13.2. The molecule has 1 atom stereocenters. The summed E-state index contributed by atoms with van der Waals surface area (Å²) in [6.07, 6.45) is 5.51. The SMILES string of the molecule is CN(C)C1CCN(C(=O)c2cc(Br)cn2C2CC2)C1. The van der Waals surface area contributed by atoms with Crippen LogP contribution in [0.25, 0.3) is 0 Å². The minimum Gasteiger partial charge on any atom is -0.339 e. The van der Waals surface area contributed by atoms with Crippen molar-refractivity contribution in [2.45, 2.75) is 31.3 Å². The number of aromatic nitrogens is 1. The lowest BCUT2D eigenvalue weighted by atomic mass is 10.2. The zero-order chi connectivity index (χ0) is 13.6. The Morgan fingerprint density at radius 3 is 2.68 bits per heavy atom. The summed E-state index contributed by atoms with van der Waals surface area (Å²) in [5.74, 6) is 0.182. The van der Waals surface area contributed by atoms with Crippen molar-refractivity contribution in [3.05, 3.63) is 22.4 Å². The highest BCUT2D eigenvalue weighted by molar-refractivity contribution is 9.10. The van der Waals surface area contributed by atoms with E-state index in [1.54, 1.807) is 0 Å². The van der Waals surface area contributed by atoms with E-state index < -0.39 is 0 Å². The number of amides is 1.